The Morgan fingerprint density at radius 2 is 2.08 bits per heavy atom. The van der Waals surface area contributed by atoms with E-state index in [1.165, 1.54) is 12.0 Å². The molecule has 0 aliphatic rings. The molecule has 2 heteroatoms. The average molecular weight is 179 g/mol. The Bertz CT molecular complexity index is 231. The van der Waals surface area contributed by atoms with Gasteiger partial charge in [-0.15, -0.1) is 0 Å². The Labute approximate surface area is 78.0 Å². The second-order valence-electron chi connectivity index (χ2n) is 2.48. The molecule has 0 saturated carbocycles. The van der Waals surface area contributed by atoms with Crippen molar-refractivity contribution >= 4 is 18.2 Å². The molecule has 0 N–H and O–H groups in total. The van der Waals surface area contributed by atoms with Crippen molar-refractivity contribution < 1.29 is 0 Å². The summed E-state index contributed by atoms with van der Waals surface area (Å²) in [6.07, 6.45) is 3.08. The van der Waals surface area contributed by atoms with Crippen molar-refractivity contribution in [1.82, 2.24) is 0 Å². The van der Waals surface area contributed by atoms with Crippen molar-refractivity contribution in [2.24, 2.45) is 4.40 Å². The number of nitrogens with zero attached hydrogens (tertiary/aromatic N) is 1. The quantitative estimate of drug-likeness (QED) is 0.393. The molecule has 0 saturated heterocycles. The van der Waals surface area contributed by atoms with Gasteiger partial charge in [-0.3, -0.25) is 0 Å². The van der Waals surface area contributed by atoms with Crippen LogP contribution in [0.1, 0.15) is 18.9 Å². The van der Waals surface area contributed by atoms with E-state index in [9.17, 15) is 0 Å². The maximum absolute atomic E-state index is 4.22. The normalized spacial score (nSPS) is 10.8. The van der Waals surface area contributed by atoms with Crippen LogP contribution in [-0.2, 0) is 0 Å². The Morgan fingerprint density at radius 1 is 1.33 bits per heavy atom. The van der Waals surface area contributed by atoms with Gasteiger partial charge in [0.25, 0.3) is 0 Å². The summed E-state index contributed by atoms with van der Waals surface area (Å²) in [5.74, 6) is 1.10. The lowest BCUT2D eigenvalue weighted by atomic mass is 10.2. The second kappa shape index (κ2) is 5.84. The highest BCUT2D eigenvalue weighted by atomic mass is 32.2. The third-order valence-electron chi connectivity index (χ3n) is 1.37. The Hall–Kier alpha value is -0.760. The number of hydrogen-bond acceptors (Lipinski definition) is 2. The molecule has 1 rings (SSSR count). The van der Waals surface area contributed by atoms with Crippen molar-refractivity contribution in [3.8, 4) is 0 Å². The lowest BCUT2D eigenvalue weighted by molar-refractivity contribution is 1.11. The molecule has 0 spiro atoms. The van der Waals surface area contributed by atoms with Crippen LogP contribution < -0.4 is 0 Å². The van der Waals surface area contributed by atoms with Gasteiger partial charge in [0, 0.05) is 12.0 Å². The van der Waals surface area contributed by atoms with Gasteiger partial charge in [-0.25, -0.2) is 4.40 Å². The maximum Gasteiger partial charge on any atom is 0.0423 e. The molecule has 0 heterocycles. The van der Waals surface area contributed by atoms with Crippen LogP contribution >= 0.6 is 11.9 Å². The molecule has 0 fully saturated rings. The minimum atomic E-state index is 1.10. The molecule has 12 heavy (non-hydrogen) atoms. The molecular weight excluding hydrogens is 166 g/mol. The summed E-state index contributed by atoms with van der Waals surface area (Å²) >= 11 is 1.62. The monoisotopic (exact) mass is 179 g/mol. The van der Waals surface area contributed by atoms with Gasteiger partial charge in [0.15, 0.2) is 0 Å². The molecule has 0 aliphatic carbocycles. The smallest absolute Gasteiger partial charge is 0.0423 e. The average Bonchev–Trinajstić information content (AvgIpc) is 2.14. The van der Waals surface area contributed by atoms with E-state index in [-0.39, 0.29) is 0 Å². The number of hydrogen-bond donors (Lipinski definition) is 0. The Morgan fingerprint density at radius 3 is 2.75 bits per heavy atom. The van der Waals surface area contributed by atoms with E-state index in [1.807, 2.05) is 24.4 Å². The first-order chi connectivity index (χ1) is 5.93. The van der Waals surface area contributed by atoms with Gasteiger partial charge in [-0.1, -0.05) is 37.3 Å². The minimum absolute atomic E-state index is 1.10. The summed E-state index contributed by atoms with van der Waals surface area (Å²) in [7, 11) is 0. The van der Waals surface area contributed by atoms with Gasteiger partial charge in [0.05, 0.1) is 0 Å². The van der Waals surface area contributed by atoms with Gasteiger partial charge >= 0.3 is 0 Å². The first-order valence-corrected chi connectivity index (χ1v) is 5.08. The van der Waals surface area contributed by atoms with Crippen molar-refractivity contribution in [2.45, 2.75) is 13.3 Å². The predicted octanol–water partition coefficient (Wildman–Crippen LogP) is 3.16. The zero-order valence-corrected chi connectivity index (χ0v) is 8.05. The van der Waals surface area contributed by atoms with Crippen molar-refractivity contribution in [1.29, 1.82) is 0 Å². The van der Waals surface area contributed by atoms with Crippen molar-refractivity contribution in [3.63, 3.8) is 0 Å². The zero-order valence-electron chi connectivity index (χ0n) is 7.23. The fraction of sp³-hybridized carbons (Fsp3) is 0.300. The van der Waals surface area contributed by atoms with Gasteiger partial charge in [0.1, 0.15) is 0 Å². The summed E-state index contributed by atoms with van der Waals surface area (Å²) in [5.41, 5.74) is 1.17. The van der Waals surface area contributed by atoms with Crippen molar-refractivity contribution in [2.75, 3.05) is 5.75 Å². The SMILES string of the molecule is CCCSN=Cc1ccccc1. The highest BCUT2D eigenvalue weighted by molar-refractivity contribution is 7.98. The third kappa shape index (κ3) is 3.58. The minimum Gasteiger partial charge on any atom is -0.224 e. The molecule has 0 unspecified atom stereocenters. The van der Waals surface area contributed by atoms with Crippen LogP contribution in [0.3, 0.4) is 0 Å². The van der Waals surface area contributed by atoms with E-state index in [2.05, 4.69) is 23.5 Å². The van der Waals surface area contributed by atoms with E-state index in [0.717, 1.165) is 5.75 Å². The fourth-order valence-electron chi connectivity index (χ4n) is 0.781. The van der Waals surface area contributed by atoms with Gasteiger partial charge in [-0.05, 0) is 23.9 Å². The highest BCUT2D eigenvalue weighted by Gasteiger charge is 1.83. The Kier molecular flexibility index (Phi) is 4.54. The molecule has 1 nitrogen and oxygen atoms in total. The summed E-state index contributed by atoms with van der Waals surface area (Å²) < 4.78 is 4.22. The van der Waals surface area contributed by atoms with E-state index >= 15 is 0 Å². The molecule has 0 radical (unpaired) electrons. The number of benzene rings is 1. The van der Waals surface area contributed by atoms with E-state index in [0.29, 0.717) is 0 Å². The molecule has 0 aliphatic heterocycles. The summed E-state index contributed by atoms with van der Waals surface area (Å²) in [6.45, 7) is 2.16. The van der Waals surface area contributed by atoms with E-state index < -0.39 is 0 Å². The van der Waals surface area contributed by atoms with Gasteiger partial charge in [-0.2, -0.15) is 0 Å². The molecule has 0 atom stereocenters. The fourth-order valence-corrected chi connectivity index (χ4v) is 1.27. The van der Waals surface area contributed by atoms with Crippen LogP contribution in [-0.4, -0.2) is 12.0 Å². The predicted molar refractivity (Wildman–Crippen MR) is 56.8 cm³/mol. The van der Waals surface area contributed by atoms with Gasteiger partial charge < -0.3 is 0 Å². The molecule has 64 valence electrons. The highest BCUT2D eigenvalue weighted by Crippen LogP contribution is 2.03. The lowest BCUT2D eigenvalue weighted by Crippen LogP contribution is -1.77. The summed E-state index contributed by atoms with van der Waals surface area (Å²) in [5, 5.41) is 0. The summed E-state index contributed by atoms with van der Waals surface area (Å²) in [6, 6.07) is 10.2. The molecule has 1 aromatic rings. The maximum atomic E-state index is 4.22. The largest absolute Gasteiger partial charge is 0.224 e. The lowest BCUT2D eigenvalue weighted by Gasteiger charge is -1.90. The van der Waals surface area contributed by atoms with E-state index in [4.69, 9.17) is 0 Å². The third-order valence-corrected chi connectivity index (χ3v) is 2.22. The van der Waals surface area contributed by atoms with Crippen LogP contribution in [0.5, 0.6) is 0 Å². The molecular formula is C10H13NS. The molecule has 1 aromatic carbocycles. The van der Waals surface area contributed by atoms with Crippen LogP contribution in [0.2, 0.25) is 0 Å². The second-order valence-corrected chi connectivity index (χ2v) is 3.36. The first kappa shape index (κ1) is 9.33. The summed E-state index contributed by atoms with van der Waals surface area (Å²) in [4.78, 5) is 0. The van der Waals surface area contributed by atoms with Crippen LogP contribution in [0, 0.1) is 0 Å². The van der Waals surface area contributed by atoms with Crippen molar-refractivity contribution in [3.05, 3.63) is 35.9 Å². The van der Waals surface area contributed by atoms with Crippen LogP contribution in [0.15, 0.2) is 34.7 Å². The van der Waals surface area contributed by atoms with Gasteiger partial charge in [0.2, 0.25) is 0 Å². The van der Waals surface area contributed by atoms with Crippen LogP contribution in [0.4, 0.5) is 0 Å². The van der Waals surface area contributed by atoms with Crippen LogP contribution in [0.25, 0.3) is 0 Å². The molecule has 0 bridgehead atoms. The first-order valence-electron chi connectivity index (χ1n) is 4.14. The molecule has 0 amide bonds. The standard InChI is InChI=1S/C10H13NS/c1-2-8-12-11-9-10-6-4-3-5-7-10/h3-7,9H,2,8H2,1H3. The molecule has 0 aromatic heterocycles. The zero-order chi connectivity index (χ0) is 8.65. The topological polar surface area (TPSA) is 12.4 Å². The number of rotatable bonds is 4. The Balaban J connectivity index is 2.36. The van der Waals surface area contributed by atoms with E-state index in [1.54, 1.807) is 11.9 Å².